The van der Waals surface area contributed by atoms with E-state index >= 15 is 0 Å². The van der Waals surface area contributed by atoms with Crippen LogP contribution in [0.15, 0.2) is 24.3 Å². The number of aryl methyl sites for hydroxylation is 1. The van der Waals surface area contributed by atoms with Crippen LogP contribution in [0.2, 0.25) is 0 Å². The first-order valence-electron chi connectivity index (χ1n) is 4.45. The molecule has 1 rings (SSSR count). The first-order chi connectivity index (χ1) is 6.72. The number of carbonyl (C=O) groups excluding carboxylic acids is 1. The lowest BCUT2D eigenvalue weighted by atomic mass is 10.1. The average molecular weight is 192 g/mol. The minimum absolute atomic E-state index is 0.0496. The molecular formula is C11H12O3. The second-order valence-corrected chi connectivity index (χ2v) is 3.09. The molecule has 0 unspecified atom stereocenters. The van der Waals surface area contributed by atoms with Gasteiger partial charge < -0.3 is 9.90 Å². The molecule has 1 aromatic carbocycles. The van der Waals surface area contributed by atoms with E-state index in [0.717, 1.165) is 23.8 Å². The molecule has 74 valence electrons. The predicted molar refractivity (Wildman–Crippen MR) is 52.2 cm³/mol. The van der Waals surface area contributed by atoms with E-state index in [9.17, 15) is 9.59 Å². The molecule has 14 heavy (non-hydrogen) atoms. The molecule has 0 amide bonds. The third-order valence-electron chi connectivity index (χ3n) is 1.93. The maximum absolute atomic E-state index is 10.4. The Bertz CT molecular complexity index is 314. The van der Waals surface area contributed by atoms with Gasteiger partial charge in [-0.05, 0) is 17.5 Å². The minimum atomic E-state index is -0.828. The third kappa shape index (κ3) is 3.39. The summed E-state index contributed by atoms with van der Waals surface area (Å²) in [4.78, 5) is 20.5. The number of hydrogen-bond donors (Lipinski definition) is 1. The zero-order chi connectivity index (χ0) is 10.4. The molecule has 0 aliphatic heterocycles. The number of aldehydes is 1. The summed E-state index contributed by atoms with van der Waals surface area (Å²) in [6.07, 6.45) is 2.16. The first-order valence-corrected chi connectivity index (χ1v) is 4.45. The van der Waals surface area contributed by atoms with Crippen molar-refractivity contribution >= 4 is 12.3 Å². The van der Waals surface area contributed by atoms with Crippen molar-refractivity contribution in [1.82, 2.24) is 0 Å². The molecule has 0 aliphatic carbocycles. The molecule has 0 aromatic heterocycles. The monoisotopic (exact) mass is 192 g/mol. The number of hydrogen-bond acceptors (Lipinski definition) is 2. The van der Waals surface area contributed by atoms with E-state index in [0.29, 0.717) is 6.42 Å². The summed E-state index contributed by atoms with van der Waals surface area (Å²) in [5.41, 5.74) is 1.85. The van der Waals surface area contributed by atoms with Crippen LogP contribution in [0, 0.1) is 0 Å². The highest BCUT2D eigenvalue weighted by Gasteiger charge is 1.99. The van der Waals surface area contributed by atoms with E-state index in [1.807, 2.05) is 12.1 Å². The Labute approximate surface area is 82.4 Å². The Balaban J connectivity index is 2.58. The van der Waals surface area contributed by atoms with Crippen molar-refractivity contribution in [2.75, 3.05) is 0 Å². The molecule has 0 saturated heterocycles. The molecule has 0 aliphatic rings. The second kappa shape index (κ2) is 5.17. The average Bonchev–Trinajstić information content (AvgIpc) is 2.16. The normalized spacial score (nSPS) is 9.71. The molecule has 1 N–H and O–H groups in total. The minimum Gasteiger partial charge on any atom is -0.481 e. The maximum Gasteiger partial charge on any atom is 0.307 e. The fraction of sp³-hybridized carbons (Fsp3) is 0.273. The van der Waals surface area contributed by atoms with Gasteiger partial charge in [0.05, 0.1) is 6.42 Å². The molecular weight excluding hydrogens is 180 g/mol. The summed E-state index contributed by atoms with van der Waals surface area (Å²) in [7, 11) is 0. The van der Waals surface area contributed by atoms with E-state index in [1.165, 1.54) is 0 Å². The summed E-state index contributed by atoms with van der Waals surface area (Å²) in [5, 5.41) is 8.53. The molecule has 0 heterocycles. The van der Waals surface area contributed by atoms with Crippen molar-refractivity contribution in [2.24, 2.45) is 0 Å². The van der Waals surface area contributed by atoms with E-state index in [2.05, 4.69) is 0 Å². The van der Waals surface area contributed by atoms with Gasteiger partial charge in [0, 0.05) is 6.42 Å². The zero-order valence-electron chi connectivity index (χ0n) is 7.77. The van der Waals surface area contributed by atoms with Crippen molar-refractivity contribution in [3.63, 3.8) is 0 Å². The van der Waals surface area contributed by atoms with E-state index in [1.54, 1.807) is 12.1 Å². The van der Waals surface area contributed by atoms with Crippen LogP contribution in [0.25, 0.3) is 0 Å². The maximum atomic E-state index is 10.4. The molecule has 0 saturated carbocycles. The molecule has 0 spiro atoms. The fourth-order valence-corrected chi connectivity index (χ4v) is 1.22. The van der Waals surface area contributed by atoms with Gasteiger partial charge in [0.2, 0.25) is 0 Å². The number of rotatable bonds is 5. The Morgan fingerprint density at radius 1 is 1.21 bits per heavy atom. The Kier molecular flexibility index (Phi) is 3.85. The summed E-state index contributed by atoms with van der Waals surface area (Å²) in [5.74, 6) is -0.828. The smallest absolute Gasteiger partial charge is 0.307 e. The van der Waals surface area contributed by atoms with Crippen LogP contribution >= 0.6 is 0 Å². The lowest BCUT2D eigenvalue weighted by Crippen LogP contribution is -1.99. The molecule has 0 atom stereocenters. The van der Waals surface area contributed by atoms with Gasteiger partial charge in [0.15, 0.2) is 0 Å². The Hall–Kier alpha value is -1.64. The number of benzene rings is 1. The molecule has 3 nitrogen and oxygen atoms in total. The lowest BCUT2D eigenvalue weighted by Gasteiger charge is -1.99. The zero-order valence-corrected chi connectivity index (χ0v) is 7.77. The summed E-state index contributed by atoms with van der Waals surface area (Å²) in [6, 6.07) is 7.30. The SMILES string of the molecule is O=CCCc1ccc(CC(=O)O)cc1. The third-order valence-corrected chi connectivity index (χ3v) is 1.93. The van der Waals surface area contributed by atoms with Gasteiger partial charge in [-0.1, -0.05) is 24.3 Å². The highest BCUT2D eigenvalue weighted by Crippen LogP contribution is 2.06. The first kappa shape index (κ1) is 10.4. The Morgan fingerprint density at radius 2 is 1.79 bits per heavy atom. The van der Waals surface area contributed by atoms with Crippen LogP contribution in [0.5, 0.6) is 0 Å². The van der Waals surface area contributed by atoms with Crippen molar-refractivity contribution in [1.29, 1.82) is 0 Å². The molecule has 1 aromatic rings. The molecule has 0 bridgehead atoms. The summed E-state index contributed by atoms with van der Waals surface area (Å²) < 4.78 is 0. The van der Waals surface area contributed by atoms with Gasteiger partial charge in [-0.2, -0.15) is 0 Å². The van der Waals surface area contributed by atoms with Crippen molar-refractivity contribution < 1.29 is 14.7 Å². The van der Waals surface area contributed by atoms with Gasteiger partial charge in [-0.15, -0.1) is 0 Å². The lowest BCUT2D eigenvalue weighted by molar-refractivity contribution is -0.136. The number of carbonyl (C=O) groups is 2. The van der Waals surface area contributed by atoms with Crippen LogP contribution in [-0.4, -0.2) is 17.4 Å². The molecule has 0 fully saturated rings. The van der Waals surface area contributed by atoms with Crippen LogP contribution < -0.4 is 0 Å². The van der Waals surface area contributed by atoms with Gasteiger partial charge in [-0.3, -0.25) is 4.79 Å². The largest absolute Gasteiger partial charge is 0.481 e. The van der Waals surface area contributed by atoms with Crippen LogP contribution in [0.4, 0.5) is 0 Å². The van der Waals surface area contributed by atoms with E-state index in [-0.39, 0.29) is 6.42 Å². The van der Waals surface area contributed by atoms with E-state index in [4.69, 9.17) is 5.11 Å². The van der Waals surface area contributed by atoms with Gasteiger partial charge in [0.1, 0.15) is 6.29 Å². The van der Waals surface area contributed by atoms with Crippen molar-refractivity contribution in [3.05, 3.63) is 35.4 Å². The second-order valence-electron chi connectivity index (χ2n) is 3.09. The molecule has 3 heteroatoms. The van der Waals surface area contributed by atoms with Crippen molar-refractivity contribution in [3.8, 4) is 0 Å². The standard InChI is InChI=1S/C11H12O3/c12-7-1-2-9-3-5-10(6-4-9)8-11(13)14/h3-7H,1-2,8H2,(H,13,14). The predicted octanol–water partition coefficient (Wildman–Crippen LogP) is 1.45. The summed E-state index contributed by atoms with van der Waals surface area (Å²) >= 11 is 0. The van der Waals surface area contributed by atoms with Gasteiger partial charge in [-0.25, -0.2) is 0 Å². The van der Waals surface area contributed by atoms with Crippen LogP contribution in [-0.2, 0) is 22.4 Å². The number of carboxylic acid groups (broad SMARTS) is 1. The number of carboxylic acids is 1. The quantitative estimate of drug-likeness (QED) is 0.718. The van der Waals surface area contributed by atoms with E-state index < -0.39 is 5.97 Å². The Morgan fingerprint density at radius 3 is 2.29 bits per heavy atom. The van der Waals surface area contributed by atoms with Crippen LogP contribution in [0.1, 0.15) is 17.5 Å². The topological polar surface area (TPSA) is 54.4 Å². The van der Waals surface area contributed by atoms with Gasteiger partial charge in [0.25, 0.3) is 0 Å². The van der Waals surface area contributed by atoms with Crippen molar-refractivity contribution in [2.45, 2.75) is 19.3 Å². The molecule has 0 radical (unpaired) electrons. The summed E-state index contributed by atoms with van der Waals surface area (Å²) in [6.45, 7) is 0. The highest BCUT2D eigenvalue weighted by atomic mass is 16.4. The number of aliphatic carboxylic acids is 1. The van der Waals surface area contributed by atoms with Gasteiger partial charge >= 0.3 is 5.97 Å². The van der Waals surface area contributed by atoms with Crippen LogP contribution in [0.3, 0.4) is 0 Å². The fourth-order valence-electron chi connectivity index (χ4n) is 1.22. The highest BCUT2D eigenvalue weighted by molar-refractivity contribution is 5.70.